The molecule has 4 heteroatoms. The molecule has 0 saturated carbocycles. The average Bonchev–Trinajstić information content (AvgIpc) is 2.10. The van der Waals surface area contributed by atoms with Crippen LogP contribution in [-0.2, 0) is 14.3 Å². The summed E-state index contributed by atoms with van der Waals surface area (Å²) in [5.41, 5.74) is -0.271. The average molecular weight is 217 g/mol. The summed E-state index contributed by atoms with van der Waals surface area (Å²) < 4.78 is 10.3. The van der Waals surface area contributed by atoms with Crippen LogP contribution in [-0.4, -0.2) is 37.9 Å². The van der Waals surface area contributed by atoms with Gasteiger partial charge in [0.2, 0.25) is 5.91 Å². The van der Waals surface area contributed by atoms with Crippen molar-refractivity contribution in [3.8, 4) is 0 Å². The van der Waals surface area contributed by atoms with Gasteiger partial charge >= 0.3 is 0 Å². The number of methoxy groups -OCH3 is 1. The zero-order valence-electron chi connectivity index (χ0n) is 10.4. The molecule has 1 unspecified atom stereocenters. The highest BCUT2D eigenvalue weighted by molar-refractivity contribution is 5.77. The second kappa shape index (κ2) is 6.80. The molecule has 4 nitrogen and oxygen atoms in total. The fraction of sp³-hybridized carbons (Fsp3) is 0.909. The molecule has 0 spiro atoms. The van der Waals surface area contributed by atoms with Crippen molar-refractivity contribution >= 4 is 5.91 Å². The Morgan fingerprint density at radius 2 is 2.00 bits per heavy atom. The molecule has 0 aliphatic carbocycles. The fourth-order valence-corrected chi connectivity index (χ4v) is 0.965. The van der Waals surface area contributed by atoms with E-state index in [1.165, 1.54) is 0 Å². The Kier molecular flexibility index (Phi) is 6.52. The van der Waals surface area contributed by atoms with Crippen LogP contribution in [0, 0.1) is 0 Å². The Hall–Kier alpha value is -0.610. The Morgan fingerprint density at radius 3 is 2.47 bits per heavy atom. The van der Waals surface area contributed by atoms with Gasteiger partial charge in [0.1, 0.15) is 6.61 Å². The first-order chi connectivity index (χ1) is 6.85. The Labute approximate surface area is 92.3 Å². The summed E-state index contributed by atoms with van der Waals surface area (Å²) in [6.07, 6.45) is 0.817. The zero-order valence-corrected chi connectivity index (χ0v) is 10.4. The van der Waals surface area contributed by atoms with E-state index < -0.39 is 0 Å². The van der Waals surface area contributed by atoms with Crippen molar-refractivity contribution < 1.29 is 14.3 Å². The molecule has 0 saturated heterocycles. The van der Waals surface area contributed by atoms with Crippen LogP contribution in [0.5, 0.6) is 0 Å². The van der Waals surface area contributed by atoms with Crippen molar-refractivity contribution in [3.63, 3.8) is 0 Å². The maximum Gasteiger partial charge on any atom is 0.246 e. The van der Waals surface area contributed by atoms with Crippen molar-refractivity contribution in [2.75, 3.05) is 20.3 Å². The van der Waals surface area contributed by atoms with Crippen LogP contribution < -0.4 is 5.32 Å². The Morgan fingerprint density at radius 1 is 1.40 bits per heavy atom. The predicted octanol–water partition coefficient (Wildman–Crippen LogP) is 1.34. The van der Waals surface area contributed by atoms with E-state index in [0.717, 1.165) is 6.42 Å². The number of hydrogen-bond donors (Lipinski definition) is 1. The lowest BCUT2D eigenvalue weighted by molar-refractivity contribution is -0.131. The summed E-state index contributed by atoms with van der Waals surface area (Å²) >= 11 is 0. The smallest absolute Gasteiger partial charge is 0.246 e. The van der Waals surface area contributed by atoms with E-state index in [-0.39, 0.29) is 24.2 Å². The molecule has 0 aliphatic rings. The monoisotopic (exact) mass is 217 g/mol. The van der Waals surface area contributed by atoms with Crippen molar-refractivity contribution in [1.29, 1.82) is 0 Å². The van der Waals surface area contributed by atoms with Crippen LogP contribution in [0.2, 0.25) is 0 Å². The number of rotatable bonds is 6. The van der Waals surface area contributed by atoms with Gasteiger partial charge in [-0.05, 0) is 34.1 Å². The molecule has 15 heavy (non-hydrogen) atoms. The van der Waals surface area contributed by atoms with Crippen molar-refractivity contribution in [2.45, 2.75) is 45.8 Å². The van der Waals surface area contributed by atoms with E-state index in [1.807, 2.05) is 27.7 Å². The van der Waals surface area contributed by atoms with Gasteiger partial charge in [-0.2, -0.15) is 0 Å². The number of amides is 1. The number of carbonyl (C=O) groups is 1. The molecule has 0 bridgehead atoms. The minimum absolute atomic E-state index is 0.0754. The van der Waals surface area contributed by atoms with Gasteiger partial charge in [0.25, 0.3) is 0 Å². The Bertz CT molecular complexity index is 187. The van der Waals surface area contributed by atoms with Gasteiger partial charge in [-0.15, -0.1) is 0 Å². The molecule has 1 atom stereocenters. The van der Waals surface area contributed by atoms with Gasteiger partial charge < -0.3 is 14.8 Å². The molecule has 1 amide bonds. The molecule has 0 rings (SSSR count). The van der Waals surface area contributed by atoms with E-state index >= 15 is 0 Å². The van der Waals surface area contributed by atoms with E-state index in [1.54, 1.807) is 7.11 Å². The van der Waals surface area contributed by atoms with E-state index in [0.29, 0.717) is 6.61 Å². The molecule has 0 aromatic heterocycles. The fourth-order valence-electron chi connectivity index (χ4n) is 0.965. The van der Waals surface area contributed by atoms with Crippen LogP contribution in [0.15, 0.2) is 0 Å². The largest absolute Gasteiger partial charge is 0.385 e. The third kappa shape index (κ3) is 9.69. The lowest BCUT2D eigenvalue weighted by Crippen LogP contribution is -2.37. The summed E-state index contributed by atoms with van der Waals surface area (Å²) in [4.78, 5) is 11.4. The van der Waals surface area contributed by atoms with Gasteiger partial charge in [0.15, 0.2) is 0 Å². The lowest BCUT2D eigenvalue weighted by atomic mass is 10.2. The topological polar surface area (TPSA) is 47.6 Å². The molecule has 1 N–H and O–H groups in total. The number of nitrogens with one attached hydrogen (secondary N) is 1. The van der Waals surface area contributed by atoms with Crippen LogP contribution >= 0.6 is 0 Å². The maximum atomic E-state index is 11.4. The van der Waals surface area contributed by atoms with Crippen LogP contribution in [0.4, 0.5) is 0 Å². The van der Waals surface area contributed by atoms with Gasteiger partial charge in [0.05, 0.1) is 5.60 Å². The predicted molar refractivity (Wildman–Crippen MR) is 59.8 cm³/mol. The highest BCUT2D eigenvalue weighted by Gasteiger charge is 2.13. The van der Waals surface area contributed by atoms with E-state index in [9.17, 15) is 4.79 Å². The highest BCUT2D eigenvalue weighted by Crippen LogP contribution is 2.05. The number of carbonyl (C=O) groups excluding carboxylic acids is 1. The highest BCUT2D eigenvalue weighted by atomic mass is 16.5. The van der Waals surface area contributed by atoms with E-state index in [2.05, 4.69) is 5.32 Å². The maximum absolute atomic E-state index is 11.4. The number of ether oxygens (including phenoxy) is 2. The first-order valence-corrected chi connectivity index (χ1v) is 5.27. The first-order valence-electron chi connectivity index (χ1n) is 5.27. The normalized spacial score (nSPS) is 13.7. The molecular weight excluding hydrogens is 194 g/mol. The molecule has 0 radical (unpaired) electrons. The molecule has 90 valence electrons. The second-order valence-electron chi connectivity index (χ2n) is 4.65. The standard InChI is InChI=1S/C11H23NO3/c1-9(6-7-14-5)12-10(13)8-15-11(2,3)4/h9H,6-8H2,1-5H3,(H,12,13). The van der Waals surface area contributed by atoms with Crippen molar-refractivity contribution in [1.82, 2.24) is 5.32 Å². The quantitative estimate of drug-likeness (QED) is 0.730. The minimum Gasteiger partial charge on any atom is -0.385 e. The van der Waals surface area contributed by atoms with Crippen LogP contribution in [0.3, 0.4) is 0 Å². The molecule has 0 aliphatic heterocycles. The second-order valence-corrected chi connectivity index (χ2v) is 4.65. The minimum atomic E-state index is -0.271. The summed E-state index contributed by atoms with van der Waals surface area (Å²) in [7, 11) is 1.65. The van der Waals surface area contributed by atoms with Gasteiger partial charge in [-0.3, -0.25) is 4.79 Å². The van der Waals surface area contributed by atoms with Gasteiger partial charge in [-0.1, -0.05) is 0 Å². The van der Waals surface area contributed by atoms with Crippen molar-refractivity contribution in [3.05, 3.63) is 0 Å². The SMILES string of the molecule is COCCC(C)NC(=O)COC(C)(C)C. The molecule has 0 aromatic carbocycles. The first kappa shape index (κ1) is 14.4. The summed E-state index contributed by atoms with van der Waals surface area (Å²) in [6.45, 7) is 8.49. The summed E-state index contributed by atoms with van der Waals surface area (Å²) in [5.74, 6) is -0.0754. The van der Waals surface area contributed by atoms with Gasteiger partial charge in [0, 0.05) is 19.8 Å². The third-order valence-electron chi connectivity index (χ3n) is 1.80. The molecule has 0 heterocycles. The van der Waals surface area contributed by atoms with Crippen LogP contribution in [0.25, 0.3) is 0 Å². The number of hydrogen-bond acceptors (Lipinski definition) is 3. The summed E-state index contributed by atoms with van der Waals surface area (Å²) in [5, 5.41) is 2.84. The molecule has 0 fully saturated rings. The van der Waals surface area contributed by atoms with Crippen LogP contribution in [0.1, 0.15) is 34.1 Å². The third-order valence-corrected chi connectivity index (χ3v) is 1.80. The van der Waals surface area contributed by atoms with E-state index in [4.69, 9.17) is 9.47 Å². The zero-order chi connectivity index (χ0) is 11.9. The summed E-state index contributed by atoms with van der Waals surface area (Å²) in [6, 6.07) is 0.126. The Balaban J connectivity index is 3.64. The lowest BCUT2D eigenvalue weighted by Gasteiger charge is -2.20. The van der Waals surface area contributed by atoms with Crippen molar-refractivity contribution in [2.24, 2.45) is 0 Å². The molecule has 0 aromatic rings. The molecular formula is C11H23NO3. The van der Waals surface area contributed by atoms with Gasteiger partial charge in [-0.25, -0.2) is 0 Å².